The fourth-order valence-corrected chi connectivity index (χ4v) is 2.33. The molecule has 0 bridgehead atoms. The normalized spacial score (nSPS) is 10.6. The van der Waals surface area contributed by atoms with Crippen molar-refractivity contribution in [3.05, 3.63) is 65.7 Å². The summed E-state index contributed by atoms with van der Waals surface area (Å²) in [5.74, 6) is 0.117. The topological polar surface area (TPSA) is 64.6 Å². The van der Waals surface area contributed by atoms with Crippen molar-refractivity contribution in [3.8, 4) is 5.75 Å². The molecule has 27 heavy (non-hydrogen) atoms. The van der Waals surface area contributed by atoms with E-state index in [1.165, 1.54) is 6.08 Å². The largest absolute Gasteiger partial charge is 0.493 e. The molecule has 0 spiro atoms. The molecule has 1 N–H and O–H groups in total. The number of unbranched alkanes of at least 4 members (excludes halogenated alkanes) is 1. The molecule has 0 fully saturated rings. The SMILES string of the molecule is CCCCOc1ccccc1C=CC(=O)Nc1ccc(C(=O)OCC)cc1. The summed E-state index contributed by atoms with van der Waals surface area (Å²) in [7, 11) is 0. The number of benzene rings is 2. The molecule has 0 aromatic heterocycles. The highest BCUT2D eigenvalue weighted by molar-refractivity contribution is 6.02. The summed E-state index contributed by atoms with van der Waals surface area (Å²) >= 11 is 0. The number of carbonyl (C=O) groups is 2. The van der Waals surface area contributed by atoms with Gasteiger partial charge in [-0.25, -0.2) is 4.79 Å². The molecule has 0 atom stereocenters. The van der Waals surface area contributed by atoms with Crippen molar-refractivity contribution in [2.24, 2.45) is 0 Å². The van der Waals surface area contributed by atoms with Crippen LogP contribution in [-0.4, -0.2) is 25.1 Å². The first-order chi connectivity index (χ1) is 13.1. The second kappa shape index (κ2) is 10.8. The Morgan fingerprint density at radius 3 is 2.48 bits per heavy atom. The van der Waals surface area contributed by atoms with Gasteiger partial charge in [-0.1, -0.05) is 31.5 Å². The van der Waals surface area contributed by atoms with Crippen LogP contribution in [0.2, 0.25) is 0 Å². The third-order valence-electron chi connectivity index (χ3n) is 3.75. The Bertz CT molecular complexity index is 781. The maximum Gasteiger partial charge on any atom is 0.338 e. The molecule has 0 saturated heterocycles. The number of carbonyl (C=O) groups excluding carboxylic acids is 2. The number of hydrogen-bond donors (Lipinski definition) is 1. The van der Waals surface area contributed by atoms with Crippen molar-refractivity contribution in [2.45, 2.75) is 26.7 Å². The Morgan fingerprint density at radius 2 is 1.78 bits per heavy atom. The highest BCUT2D eigenvalue weighted by Gasteiger charge is 2.06. The number of anilines is 1. The van der Waals surface area contributed by atoms with Crippen LogP contribution >= 0.6 is 0 Å². The highest BCUT2D eigenvalue weighted by Crippen LogP contribution is 2.20. The zero-order valence-corrected chi connectivity index (χ0v) is 15.7. The van der Waals surface area contributed by atoms with Gasteiger partial charge in [-0.15, -0.1) is 0 Å². The Balaban J connectivity index is 1.96. The van der Waals surface area contributed by atoms with E-state index in [-0.39, 0.29) is 11.9 Å². The third-order valence-corrected chi connectivity index (χ3v) is 3.75. The quantitative estimate of drug-likeness (QED) is 0.397. The number of rotatable bonds is 9. The van der Waals surface area contributed by atoms with Gasteiger partial charge in [0, 0.05) is 17.3 Å². The number of esters is 1. The highest BCUT2D eigenvalue weighted by atomic mass is 16.5. The molecule has 0 unspecified atom stereocenters. The molecule has 2 aromatic carbocycles. The van der Waals surface area contributed by atoms with Gasteiger partial charge in [0.05, 0.1) is 18.8 Å². The Labute approximate surface area is 160 Å². The van der Waals surface area contributed by atoms with E-state index in [4.69, 9.17) is 9.47 Å². The van der Waals surface area contributed by atoms with Crippen LogP contribution < -0.4 is 10.1 Å². The van der Waals surface area contributed by atoms with Gasteiger partial charge in [-0.2, -0.15) is 0 Å². The molecule has 0 aliphatic heterocycles. The minimum Gasteiger partial charge on any atom is -0.493 e. The fourth-order valence-electron chi connectivity index (χ4n) is 2.33. The lowest BCUT2D eigenvalue weighted by Crippen LogP contribution is -2.09. The molecule has 142 valence electrons. The van der Waals surface area contributed by atoms with E-state index in [1.807, 2.05) is 24.3 Å². The molecule has 2 rings (SSSR count). The zero-order valence-electron chi connectivity index (χ0n) is 15.7. The van der Waals surface area contributed by atoms with Crippen LogP contribution in [0.5, 0.6) is 5.75 Å². The smallest absolute Gasteiger partial charge is 0.338 e. The summed E-state index contributed by atoms with van der Waals surface area (Å²) in [5.41, 5.74) is 1.90. The van der Waals surface area contributed by atoms with Crippen LogP contribution in [-0.2, 0) is 9.53 Å². The van der Waals surface area contributed by atoms with Crippen molar-refractivity contribution in [1.29, 1.82) is 0 Å². The van der Waals surface area contributed by atoms with Gasteiger partial charge in [0.1, 0.15) is 5.75 Å². The molecule has 5 nitrogen and oxygen atoms in total. The summed E-state index contributed by atoms with van der Waals surface area (Å²) in [6.45, 7) is 4.84. The first-order valence-corrected chi connectivity index (χ1v) is 9.12. The predicted molar refractivity (Wildman–Crippen MR) is 107 cm³/mol. The molecule has 0 saturated carbocycles. The summed E-state index contributed by atoms with van der Waals surface area (Å²) in [6.07, 6.45) is 5.24. The Kier molecular flexibility index (Phi) is 8.10. The predicted octanol–water partition coefficient (Wildman–Crippen LogP) is 4.69. The zero-order chi connectivity index (χ0) is 19.5. The van der Waals surface area contributed by atoms with Gasteiger partial charge in [-0.05, 0) is 49.8 Å². The first kappa shape index (κ1) is 20.2. The van der Waals surface area contributed by atoms with Crippen LogP contribution in [0.25, 0.3) is 6.08 Å². The van der Waals surface area contributed by atoms with E-state index in [2.05, 4.69) is 12.2 Å². The van der Waals surface area contributed by atoms with Crippen molar-refractivity contribution in [1.82, 2.24) is 0 Å². The van der Waals surface area contributed by atoms with Gasteiger partial charge in [0.15, 0.2) is 0 Å². The van der Waals surface area contributed by atoms with Crippen LogP contribution in [0.1, 0.15) is 42.6 Å². The average molecular weight is 367 g/mol. The van der Waals surface area contributed by atoms with Crippen LogP contribution in [0, 0.1) is 0 Å². The van der Waals surface area contributed by atoms with Crippen molar-refractivity contribution in [2.75, 3.05) is 18.5 Å². The van der Waals surface area contributed by atoms with E-state index < -0.39 is 0 Å². The maximum absolute atomic E-state index is 12.1. The number of amides is 1. The monoisotopic (exact) mass is 367 g/mol. The molecule has 2 aromatic rings. The second-order valence-corrected chi connectivity index (χ2v) is 5.86. The summed E-state index contributed by atoms with van der Waals surface area (Å²) in [4.78, 5) is 23.8. The minimum atomic E-state index is -0.380. The Morgan fingerprint density at radius 1 is 1.04 bits per heavy atom. The molecule has 0 heterocycles. The summed E-state index contributed by atoms with van der Waals surface area (Å²) in [5, 5.41) is 2.76. The summed E-state index contributed by atoms with van der Waals surface area (Å²) < 4.78 is 10.7. The lowest BCUT2D eigenvalue weighted by molar-refractivity contribution is -0.111. The lowest BCUT2D eigenvalue weighted by atomic mass is 10.2. The second-order valence-electron chi connectivity index (χ2n) is 5.86. The molecule has 0 aliphatic carbocycles. The van der Waals surface area contributed by atoms with E-state index in [9.17, 15) is 9.59 Å². The lowest BCUT2D eigenvalue weighted by Gasteiger charge is -2.08. The van der Waals surface area contributed by atoms with Crippen molar-refractivity contribution < 1.29 is 19.1 Å². The maximum atomic E-state index is 12.1. The standard InChI is InChI=1S/C22H25NO4/c1-3-5-16-27-20-9-7-6-8-17(20)12-15-21(24)23-19-13-10-18(11-14-19)22(25)26-4-2/h6-15H,3-5,16H2,1-2H3,(H,23,24). The van der Waals surface area contributed by atoms with Crippen LogP contribution in [0.3, 0.4) is 0 Å². The molecule has 0 radical (unpaired) electrons. The molecule has 5 heteroatoms. The van der Waals surface area contributed by atoms with Crippen LogP contribution in [0.15, 0.2) is 54.6 Å². The minimum absolute atomic E-state index is 0.262. The van der Waals surface area contributed by atoms with Crippen LogP contribution in [0.4, 0.5) is 5.69 Å². The van der Waals surface area contributed by atoms with Gasteiger partial charge < -0.3 is 14.8 Å². The average Bonchev–Trinajstić information content (AvgIpc) is 2.68. The number of ether oxygens (including phenoxy) is 2. The van der Waals surface area contributed by atoms with Gasteiger partial charge in [0.2, 0.25) is 5.91 Å². The Hall–Kier alpha value is -3.08. The molecule has 1 amide bonds. The van der Waals surface area contributed by atoms with E-state index in [1.54, 1.807) is 37.3 Å². The van der Waals surface area contributed by atoms with Gasteiger partial charge >= 0.3 is 5.97 Å². The van der Waals surface area contributed by atoms with E-state index in [0.717, 1.165) is 24.2 Å². The van der Waals surface area contributed by atoms with E-state index in [0.29, 0.717) is 24.5 Å². The molecule has 0 aliphatic rings. The number of para-hydroxylation sites is 1. The van der Waals surface area contributed by atoms with Gasteiger partial charge in [-0.3, -0.25) is 4.79 Å². The van der Waals surface area contributed by atoms with Gasteiger partial charge in [0.25, 0.3) is 0 Å². The first-order valence-electron chi connectivity index (χ1n) is 9.12. The number of hydrogen-bond acceptors (Lipinski definition) is 4. The third kappa shape index (κ3) is 6.62. The van der Waals surface area contributed by atoms with Crippen molar-refractivity contribution in [3.63, 3.8) is 0 Å². The molecular weight excluding hydrogens is 342 g/mol. The van der Waals surface area contributed by atoms with E-state index >= 15 is 0 Å². The molecular formula is C22H25NO4. The van der Waals surface area contributed by atoms with Crippen molar-refractivity contribution >= 4 is 23.6 Å². The fraction of sp³-hybridized carbons (Fsp3) is 0.273. The number of nitrogens with one attached hydrogen (secondary N) is 1. The summed E-state index contributed by atoms with van der Waals surface area (Å²) in [6, 6.07) is 14.2.